The molecule has 33 heavy (non-hydrogen) atoms. The summed E-state index contributed by atoms with van der Waals surface area (Å²) >= 11 is 4.78. The first-order chi connectivity index (χ1) is 16.1. The smallest absolute Gasteiger partial charge is 0.269 e. The Bertz CT molecular complexity index is 1350. The van der Waals surface area contributed by atoms with E-state index in [1.807, 2.05) is 47.4 Å². The van der Waals surface area contributed by atoms with Gasteiger partial charge in [0.15, 0.2) is 10.8 Å². The molecule has 0 saturated carbocycles. The van der Waals surface area contributed by atoms with Crippen molar-refractivity contribution < 1.29 is 4.79 Å². The van der Waals surface area contributed by atoms with E-state index in [2.05, 4.69) is 48.1 Å². The minimum absolute atomic E-state index is 0.0327. The van der Waals surface area contributed by atoms with Crippen LogP contribution in [-0.4, -0.2) is 62.5 Å². The highest BCUT2D eigenvalue weighted by atomic mass is 79.9. The topological polar surface area (TPSA) is 87.1 Å². The third-order valence-electron chi connectivity index (χ3n) is 5.62. The average Bonchev–Trinajstić information content (AvgIpc) is 3.33. The molecule has 1 fully saturated rings. The van der Waals surface area contributed by atoms with Gasteiger partial charge in [-0.2, -0.15) is 5.10 Å². The van der Waals surface area contributed by atoms with Gasteiger partial charge in [-0.05, 0) is 40.2 Å². The van der Waals surface area contributed by atoms with Crippen LogP contribution in [0.5, 0.6) is 0 Å². The Labute approximate surface area is 202 Å². The molecule has 5 rings (SSSR count). The van der Waals surface area contributed by atoms with Gasteiger partial charge in [-0.3, -0.25) is 19.3 Å². The second-order valence-electron chi connectivity index (χ2n) is 7.61. The summed E-state index contributed by atoms with van der Waals surface area (Å²) in [7, 11) is 0. The Balaban J connectivity index is 1.34. The van der Waals surface area contributed by atoms with E-state index < -0.39 is 0 Å². The minimum atomic E-state index is -0.230. The van der Waals surface area contributed by atoms with Crippen LogP contribution in [0, 0.1) is 0 Å². The number of hydrogen-bond donors (Lipinski definition) is 1. The minimum Gasteiger partial charge on any atom is -0.368 e. The van der Waals surface area contributed by atoms with E-state index in [0.717, 1.165) is 17.6 Å². The Hall–Kier alpha value is -3.11. The quantitative estimate of drug-likeness (QED) is 0.318. The summed E-state index contributed by atoms with van der Waals surface area (Å²) in [5, 5.41) is 7.57. The first kappa shape index (κ1) is 21.7. The lowest BCUT2D eigenvalue weighted by Crippen LogP contribution is -2.49. The summed E-state index contributed by atoms with van der Waals surface area (Å²) in [5.41, 5.74) is 2.03. The van der Waals surface area contributed by atoms with Crippen molar-refractivity contribution in [3.8, 4) is 5.69 Å². The average molecular weight is 525 g/mol. The fourth-order valence-electron chi connectivity index (χ4n) is 3.89. The van der Waals surface area contributed by atoms with E-state index in [-0.39, 0.29) is 17.2 Å². The van der Waals surface area contributed by atoms with Gasteiger partial charge in [0.2, 0.25) is 5.91 Å². The molecule has 4 aromatic rings. The second kappa shape index (κ2) is 9.40. The highest BCUT2D eigenvalue weighted by molar-refractivity contribution is 9.10. The maximum Gasteiger partial charge on any atom is 0.269 e. The van der Waals surface area contributed by atoms with Crippen molar-refractivity contribution in [3.05, 3.63) is 75.6 Å². The monoisotopic (exact) mass is 524 g/mol. The van der Waals surface area contributed by atoms with Gasteiger partial charge in [-0.15, -0.1) is 0 Å². The number of thioether (sulfide) groups is 1. The molecule has 1 aliphatic heterocycles. The maximum absolute atomic E-state index is 13.2. The zero-order valence-electron chi connectivity index (χ0n) is 17.6. The van der Waals surface area contributed by atoms with Crippen molar-refractivity contribution in [2.24, 2.45) is 0 Å². The first-order valence-electron chi connectivity index (χ1n) is 10.5. The van der Waals surface area contributed by atoms with Crippen molar-refractivity contribution in [2.75, 3.05) is 36.8 Å². The number of rotatable bonds is 5. The van der Waals surface area contributed by atoms with E-state index in [0.29, 0.717) is 35.0 Å². The number of nitrogens with zero attached hydrogens (tertiary/aromatic N) is 5. The highest BCUT2D eigenvalue weighted by Gasteiger charge is 2.23. The number of aromatic amines is 1. The molecule has 0 spiro atoms. The Kier molecular flexibility index (Phi) is 6.19. The number of fused-ring (bicyclic) bond motifs is 1. The SMILES string of the molecule is O=C(CSc1nc2[nH]ncc2c(=O)n1-c1ccccc1Br)N1CCN(c2ccccc2)CC1. The number of para-hydroxylation sites is 2. The molecule has 0 atom stereocenters. The third-order valence-corrected chi connectivity index (χ3v) is 7.22. The van der Waals surface area contributed by atoms with Crippen molar-refractivity contribution in [2.45, 2.75) is 5.16 Å². The first-order valence-corrected chi connectivity index (χ1v) is 12.3. The summed E-state index contributed by atoms with van der Waals surface area (Å²) in [6.07, 6.45) is 1.48. The van der Waals surface area contributed by atoms with Gasteiger partial charge in [-0.25, -0.2) is 4.98 Å². The summed E-state index contributed by atoms with van der Waals surface area (Å²) in [4.78, 5) is 34.9. The van der Waals surface area contributed by atoms with Crippen LogP contribution >= 0.6 is 27.7 Å². The van der Waals surface area contributed by atoms with Gasteiger partial charge >= 0.3 is 0 Å². The molecule has 1 saturated heterocycles. The summed E-state index contributed by atoms with van der Waals surface area (Å²) in [5.74, 6) is 0.229. The Morgan fingerprint density at radius 3 is 2.52 bits per heavy atom. The molecule has 0 unspecified atom stereocenters. The van der Waals surface area contributed by atoms with Gasteiger partial charge in [0.05, 0.1) is 17.6 Å². The Morgan fingerprint density at radius 2 is 1.76 bits per heavy atom. The number of nitrogens with one attached hydrogen (secondary N) is 1. The van der Waals surface area contributed by atoms with Crippen molar-refractivity contribution in [3.63, 3.8) is 0 Å². The molecular weight excluding hydrogens is 504 g/mol. The number of H-pyrrole nitrogens is 1. The number of benzene rings is 2. The number of halogens is 1. The number of amides is 1. The van der Waals surface area contributed by atoms with Crippen LogP contribution in [0.25, 0.3) is 16.7 Å². The summed E-state index contributed by atoms with van der Waals surface area (Å²) < 4.78 is 2.30. The normalized spacial score (nSPS) is 14.1. The lowest BCUT2D eigenvalue weighted by molar-refractivity contribution is -0.128. The van der Waals surface area contributed by atoms with Crippen LogP contribution in [0.1, 0.15) is 0 Å². The number of anilines is 1. The van der Waals surface area contributed by atoms with E-state index >= 15 is 0 Å². The number of piperazine rings is 1. The van der Waals surface area contributed by atoms with Crippen molar-refractivity contribution in [1.29, 1.82) is 0 Å². The van der Waals surface area contributed by atoms with Gasteiger partial charge in [0.1, 0.15) is 5.39 Å². The molecule has 8 nitrogen and oxygen atoms in total. The molecule has 3 heterocycles. The number of hydrogen-bond acceptors (Lipinski definition) is 6. The number of aromatic nitrogens is 4. The van der Waals surface area contributed by atoms with Crippen LogP contribution in [0.15, 0.2) is 75.2 Å². The number of carbonyl (C=O) groups excluding carboxylic acids is 1. The predicted molar refractivity (Wildman–Crippen MR) is 133 cm³/mol. The lowest BCUT2D eigenvalue weighted by Gasteiger charge is -2.36. The van der Waals surface area contributed by atoms with E-state index in [1.165, 1.54) is 28.2 Å². The number of carbonyl (C=O) groups is 1. The van der Waals surface area contributed by atoms with E-state index in [9.17, 15) is 9.59 Å². The lowest BCUT2D eigenvalue weighted by atomic mass is 10.2. The van der Waals surface area contributed by atoms with Crippen molar-refractivity contribution >= 4 is 50.3 Å². The molecular formula is C23H21BrN6O2S. The van der Waals surface area contributed by atoms with Gasteiger partial charge in [0, 0.05) is 36.3 Å². The zero-order valence-corrected chi connectivity index (χ0v) is 20.1. The standard InChI is InChI=1S/C23H21BrN6O2S/c24-18-8-4-5-9-19(18)30-22(32)17-14-25-27-21(17)26-23(30)33-15-20(31)29-12-10-28(11-13-29)16-6-2-1-3-7-16/h1-9,14H,10-13,15H2,(H,25,27). The molecule has 2 aromatic heterocycles. The molecule has 1 amide bonds. The van der Waals surface area contributed by atoms with Crippen LogP contribution in [-0.2, 0) is 4.79 Å². The maximum atomic E-state index is 13.2. The van der Waals surface area contributed by atoms with Crippen molar-refractivity contribution in [1.82, 2.24) is 24.6 Å². The summed E-state index contributed by atoms with van der Waals surface area (Å²) in [6, 6.07) is 17.7. The fourth-order valence-corrected chi connectivity index (χ4v) is 5.25. The van der Waals surface area contributed by atoms with E-state index in [4.69, 9.17) is 0 Å². The Morgan fingerprint density at radius 1 is 1.03 bits per heavy atom. The molecule has 168 valence electrons. The molecule has 0 radical (unpaired) electrons. The molecule has 1 aliphatic rings. The highest BCUT2D eigenvalue weighted by Crippen LogP contribution is 2.26. The summed E-state index contributed by atoms with van der Waals surface area (Å²) in [6.45, 7) is 2.91. The van der Waals surface area contributed by atoms with Crippen LogP contribution in [0.2, 0.25) is 0 Å². The van der Waals surface area contributed by atoms with Crippen LogP contribution < -0.4 is 10.5 Å². The van der Waals surface area contributed by atoms with Crippen LogP contribution in [0.3, 0.4) is 0 Å². The van der Waals surface area contributed by atoms with Crippen LogP contribution in [0.4, 0.5) is 5.69 Å². The molecule has 0 aliphatic carbocycles. The zero-order chi connectivity index (χ0) is 22.8. The molecule has 2 aromatic carbocycles. The largest absolute Gasteiger partial charge is 0.368 e. The third kappa shape index (κ3) is 4.40. The molecule has 0 bridgehead atoms. The second-order valence-corrected chi connectivity index (χ2v) is 9.41. The molecule has 10 heteroatoms. The van der Waals surface area contributed by atoms with Gasteiger partial charge in [0.25, 0.3) is 5.56 Å². The van der Waals surface area contributed by atoms with Gasteiger partial charge in [-0.1, -0.05) is 42.1 Å². The predicted octanol–water partition coefficient (Wildman–Crippen LogP) is 3.31. The molecule has 1 N–H and O–H groups in total. The fraction of sp³-hybridized carbons (Fsp3) is 0.217. The van der Waals surface area contributed by atoms with Gasteiger partial charge < -0.3 is 9.80 Å². The van der Waals surface area contributed by atoms with E-state index in [1.54, 1.807) is 0 Å².